The average Bonchev–Trinajstić information content (AvgIpc) is 2.85. The third kappa shape index (κ3) is 25.7. The van der Waals surface area contributed by atoms with Crippen LogP contribution in [0.3, 0.4) is 0 Å². The lowest BCUT2D eigenvalue weighted by atomic mass is 10.0. The number of hydrogen-bond acceptors (Lipinski definition) is 5. The van der Waals surface area contributed by atoms with E-state index in [1.165, 1.54) is 19.3 Å². The minimum absolute atomic E-state index is 0.0696. The van der Waals surface area contributed by atoms with Crippen molar-refractivity contribution in [2.75, 3.05) is 40.9 Å². The fourth-order valence-corrected chi connectivity index (χ4v) is 4.62. The van der Waals surface area contributed by atoms with Crippen LogP contribution >= 0.6 is 7.82 Å². The first-order chi connectivity index (χ1) is 18.5. The standard InChI is InChI=1S/C30H59N2O6P/c1-6-8-10-11-12-13-14-15-16-17-18-19-20-22-24-30(34)31-28(29(33)23-21-9-7-2)27-38-39(35,36)37-26-25-32(3,4)5/h11-12,14-15,28-29,33H,6-10,13,16-27H2,1-5H3,(H-,31,34,35,36)/p+1/b12-11-,15-14-. The number of nitrogens with one attached hydrogen (secondary N) is 1. The molecule has 0 fully saturated rings. The Morgan fingerprint density at radius 3 is 2.13 bits per heavy atom. The molecule has 0 aliphatic heterocycles. The Bertz CT molecular complexity index is 708. The number of allylic oxidation sites excluding steroid dienone is 4. The highest BCUT2D eigenvalue weighted by atomic mass is 31.2. The van der Waals surface area contributed by atoms with Gasteiger partial charge in [0.1, 0.15) is 13.2 Å². The van der Waals surface area contributed by atoms with Crippen LogP contribution in [0.4, 0.5) is 0 Å². The summed E-state index contributed by atoms with van der Waals surface area (Å²) in [6.45, 7) is 4.62. The molecule has 0 aromatic heterocycles. The lowest BCUT2D eigenvalue weighted by Crippen LogP contribution is -2.46. The van der Waals surface area contributed by atoms with Gasteiger partial charge < -0.3 is 19.8 Å². The molecule has 8 nitrogen and oxygen atoms in total. The van der Waals surface area contributed by atoms with Crippen molar-refractivity contribution in [2.24, 2.45) is 0 Å². The second-order valence-electron chi connectivity index (χ2n) is 11.5. The van der Waals surface area contributed by atoms with E-state index in [4.69, 9.17) is 9.05 Å². The highest BCUT2D eigenvalue weighted by molar-refractivity contribution is 7.47. The minimum atomic E-state index is -4.28. The van der Waals surface area contributed by atoms with Crippen LogP contribution in [-0.2, 0) is 18.4 Å². The molecule has 0 aromatic carbocycles. The summed E-state index contributed by atoms with van der Waals surface area (Å²) in [5, 5.41) is 13.5. The first-order valence-corrected chi connectivity index (χ1v) is 16.7. The largest absolute Gasteiger partial charge is 0.472 e. The van der Waals surface area contributed by atoms with Gasteiger partial charge in [0, 0.05) is 6.42 Å². The number of aliphatic hydroxyl groups excluding tert-OH is 1. The molecule has 0 aromatic rings. The molecule has 0 bridgehead atoms. The number of aliphatic hydroxyl groups is 1. The molecule has 0 radical (unpaired) electrons. The summed E-state index contributed by atoms with van der Waals surface area (Å²) in [6, 6.07) is -0.759. The molecule has 0 saturated heterocycles. The number of unbranched alkanes of at least 4 members (excludes halogenated alkanes) is 9. The molecule has 0 spiro atoms. The number of phosphoric acid groups is 1. The Morgan fingerprint density at radius 1 is 0.872 bits per heavy atom. The van der Waals surface area contributed by atoms with Crippen molar-refractivity contribution in [3.63, 3.8) is 0 Å². The van der Waals surface area contributed by atoms with Crippen molar-refractivity contribution < 1.29 is 32.9 Å². The van der Waals surface area contributed by atoms with E-state index >= 15 is 0 Å². The lowest BCUT2D eigenvalue weighted by Gasteiger charge is -2.26. The number of phosphoric ester groups is 1. The van der Waals surface area contributed by atoms with Gasteiger partial charge in [0.05, 0.1) is 39.9 Å². The van der Waals surface area contributed by atoms with Crippen molar-refractivity contribution in [3.05, 3.63) is 24.3 Å². The summed E-state index contributed by atoms with van der Waals surface area (Å²) < 4.78 is 23.1. The summed E-state index contributed by atoms with van der Waals surface area (Å²) in [4.78, 5) is 22.6. The van der Waals surface area contributed by atoms with Crippen molar-refractivity contribution in [1.82, 2.24) is 5.32 Å². The first kappa shape index (κ1) is 38.0. The van der Waals surface area contributed by atoms with Crippen LogP contribution in [-0.4, -0.2) is 73.4 Å². The first-order valence-electron chi connectivity index (χ1n) is 15.2. The monoisotopic (exact) mass is 575 g/mol. The maximum Gasteiger partial charge on any atom is 0.472 e. The second kappa shape index (κ2) is 23.7. The molecule has 3 atom stereocenters. The molecule has 0 rings (SSSR count). The topological polar surface area (TPSA) is 105 Å². The number of likely N-dealkylation sites (N-methyl/N-ethyl adjacent to an activating group) is 1. The maximum absolute atomic E-state index is 12.6. The number of carbonyl (C=O) groups is 1. The lowest BCUT2D eigenvalue weighted by molar-refractivity contribution is -0.870. The molecular formula is C30H60N2O6P+. The fourth-order valence-electron chi connectivity index (χ4n) is 3.88. The predicted octanol–water partition coefficient (Wildman–Crippen LogP) is 6.68. The van der Waals surface area contributed by atoms with E-state index in [-0.39, 0.29) is 19.1 Å². The number of rotatable bonds is 26. The van der Waals surface area contributed by atoms with Crippen LogP contribution in [0.5, 0.6) is 0 Å². The Balaban J connectivity index is 4.34. The van der Waals surface area contributed by atoms with Gasteiger partial charge in [0.2, 0.25) is 5.91 Å². The number of nitrogens with zero attached hydrogens (tertiary/aromatic N) is 1. The summed E-state index contributed by atoms with van der Waals surface area (Å²) in [5.41, 5.74) is 0. The fraction of sp³-hybridized carbons (Fsp3) is 0.833. The van der Waals surface area contributed by atoms with Gasteiger partial charge in [0.15, 0.2) is 0 Å². The number of amides is 1. The van der Waals surface area contributed by atoms with Gasteiger partial charge in [-0.05, 0) is 38.5 Å². The number of hydrogen-bond donors (Lipinski definition) is 3. The van der Waals surface area contributed by atoms with E-state index in [9.17, 15) is 19.4 Å². The van der Waals surface area contributed by atoms with Crippen molar-refractivity contribution in [2.45, 2.75) is 122 Å². The molecule has 0 heterocycles. The Labute approximate surface area is 239 Å². The molecule has 1 amide bonds. The van der Waals surface area contributed by atoms with Crippen molar-refractivity contribution >= 4 is 13.7 Å². The van der Waals surface area contributed by atoms with E-state index in [0.717, 1.165) is 64.2 Å². The summed E-state index contributed by atoms with van der Waals surface area (Å²) >= 11 is 0. The van der Waals surface area contributed by atoms with Crippen molar-refractivity contribution in [1.29, 1.82) is 0 Å². The van der Waals surface area contributed by atoms with Gasteiger partial charge in [-0.15, -0.1) is 0 Å². The van der Waals surface area contributed by atoms with Gasteiger partial charge in [-0.25, -0.2) is 4.57 Å². The van der Waals surface area contributed by atoms with Gasteiger partial charge in [-0.1, -0.05) is 89.5 Å². The Morgan fingerprint density at radius 2 is 1.49 bits per heavy atom. The van der Waals surface area contributed by atoms with E-state index in [1.54, 1.807) is 0 Å². The van der Waals surface area contributed by atoms with Crippen LogP contribution in [0.15, 0.2) is 24.3 Å². The third-order valence-corrected chi connectivity index (χ3v) is 7.44. The average molecular weight is 576 g/mol. The maximum atomic E-state index is 12.6. The number of carbonyl (C=O) groups excluding carboxylic acids is 1. The van der Waals surface area contributed by atoms with E-state index in [2.05, 4.69) is 43.5 Å². The Kier molecular flexibility index (Phi) is 23.0. The molecule has 3 unspecified atom stereocenters. The number of quaternary nitrogens is 1. The van der Waals surface area contributed by atoms with Gasteiger partial charge >= 0.3 is 7.82 Å². The normalized spacial score (nSPS) is 15.6. The van der Waals surface area contributed by atoms with Gasteiger partial charge in [-0.3, -0.25) is 13.8 Å². The molecule has 39 heavy (non-hydrogen) atoms. The van der Waals surface area contributed by atoms with E-state index in [1.807, 2.05) is 21.1 Å². The molecule has 230 valence electrons. The molecule has 0 aliphatic carbocycles. The van der Waals surface area contributed by atoms with Gasteiger partial charge in [-0.2, -0.15) is 0 Å². The SMILES string of the molecule is CCCC/C=C\C/C=C\CCCCCCCC(=O)NC(COP(=O)(O)OCC[N+](C)(C)C)C(O)CCCCC. The van der Waals surface area contributed by atoms with E-state index < -0.39 is 20.0 Å². The highest BCUT2D eigenvalue weighted by Gasteiger charge is 2.28. The summed E-state index contributed by atoms with van der Waals surface area (Å²) in [7, 11) is 1.59. The zero-order valence-electron chi connectivity index (χ0n) is 25.6. The highest BCUT2D eigenvalue weighted by Crippen LogP contribution is 2.43. The van der Waals surface area contributed by atoms with Crippen LogP contribution < -0.4 is 5.32 Å². The second-order valence-corrected chi connectivity index (χ2v) is 12.9. The van der Waals surface area contributed by atoms with Crippen LogP contribution in [0.1, 0.15) is 110 Å². The zero-order chi connectivity index (χ0) is 29.4. The molecule has 0 aliphatic rings. The van der Waals surface area contributed by atoms with Crippen LogP contribution in [0, 0.1) is 0 Å². The van der Waals surface area contributed by atoms with Crippen molar-refractivity contribution in [3.8, 4) is 0 Å². The minimum Gasteiger partial charge on any atom is -0.391 e. The third-order valence-electron chi connectivity index (χ3n) is 6.45. The predicted molar refractivity (Wildman–Crippen MR) is 161 cm³/mol. The Hall–Kier alpha value is -1.02. The molecule has 3 N–H and O–H groups in total. The smallest absolute Gasteiger partial charge is 0.391 e. The van der Waals surface area contributed by atoms with Crippen LogP contribution in [0.2, 0.25) is 0 Å². The van der Waals surface area contributed by atoms with E-state index in [0.29, 0.717) is 23.9 Å². The molecular weight excluding hydrogens is 515 g/mol. The molecule has 9 heteroatoms. The quantitative estimate of drug-likeness (QED) is 0.0460. The van der Waals surface area contributed by atoms with Crippen LogP contribution in [0.25, 0.3) is 0 Å². The van der Waals surface area contributed by atoms with Gasteiger partial charge in [0.25, 0.3) is 0 Å². The summed E-state index contributed by atoms with van der Waals surface area (Å²) in [5.74, 6) is -0.174. The molecule has 0 saturated carbocycles. The zero-order valence-corrected chi connectivity index (χ0v) is 26.5. The summed E-state index contributed by atoms with van der Waals surface area (Å²) in [6.07, 6.45) is 22.7.